The van der Waals surface area contributed by atoms with Crippen LogP contribution in [0.5, 0.6) is 0 Å². The van der Waals surface area contributed by atoms with Gasteiger partial charge < -0.3 is 19.1 Å². The van der Waals surface area contributed by atoms with Gasteiger partial charge in [0.15, 0.2) is 0 Å². The van der Waals surface area contributed by atoms with Gasteiger partial charge in [0.1, 0.15) is 19.8 Å². The summed E-state index contributed by atoms with van der Waals surface area (Å²) in [6.45, 7) is 5.43. The number of rotatable bonds is 37. The van der Waals surface area contributed by atoms with Gasteiger partial charge in [0.2, 0.25) is 0 Å². The fourth-order valence-corrected chi connectivity index (χ4v) is 6.27. The minimum absolute atomic E-state index is 0.104. The van der Waals surface area contributed by atoms with Gasteiger partial charge in [0.25, 0.3) is 0 Å². The second-order valence-corrected chi connectivity index (χ2v) is 15.7. The molecule has 0 aliphatic heterocycles. The second kappa shape index (κ2) is 38.1. The van der Waals surface area contributed by atoms with Gasteiger partial charge in [-0.25, -0.2) is 0 Å². The normalized spacial score (nSPS) is 11.9. The molecule has 1 aromatic rings. The fraction of sp³-hybridized carbons (Fsp3) is 0.660. The number of ether oxygens (including phenoxy) is 3. The Morgan fingerprint density at radius 1 is 0.439 bits per heavy atom. The van der Waals surface area contributed by atoms with Gasteiger partial charge in [-0.2, -0.15) is 0 Å². The predicted molar refractivity (Wildman–Crippen MR) is 238 cm³/mol. The Morgan fingerprint density at radius 3 is 1.11 bits per heavy atom. The molecule has 0 heterocycles. The maximum absolute atomic E-state index is 12.6. The molecule has 1 aromatic carbocycles. The smallest absolute Gasteiger partial charge is 0.307 e. The number of unbranched alkanes of at least 4 members (excludes halogenated alkanes) is 16. The van der Waals surface area contributed by atoms with E-state index in [-0.39, 0.29) is 37.7 Å². The van der Waals surface area contributed by atoms with Gasteiger partial charge in [-0.1, -0.05) is 127 Å². The standard InChI is InChI=1S/C50H81NO6/c1-5-7-9-11-13-15-17-19-21-23-25-27-29-31-33-35-48(52)55-42-45-39-46(41-47(40-45)44-57-50(54)37-38-51(3)4)43-56-49(53)36-34-32-30-28-26-24-22-20-18-16-14-12-10-8-6-2/h13-16,19-22,39-41H,5-12,17-18,23-38,42-44H2,1-4H3/b15-13-,16-14-,21-19-,22-20-. The third-order valence-corrected chi connectivity index (χ3v) is 9.74. The van der Waals surface area contributed by atoms with E-state index >= 15 is 0 Å². The molecule has 0 atom stereocenters. The van der Waals surface area contributed by atoms with E-state index < -0.39 is 0 Å². The number of benzene rings is 1. The lowest BCUT2D eigenvalue weighted by molar-refractivity contribution is -0.145. The Labute approximate surface area is 348 Å². The van der Waals surface area contributed by atoms with E-state index in [0.717, 1.165) is 80.9 Å². The lowest BCUT2D eigenvalue weighted by atomic mass is 10.1. The summed E-state index contributed by atoms with van der Waals surface area (Å²) in [6.07, 6.45) is 44.3. The summed E-state index contributed by atoms with van der Waals surface area (Å²) in [6, 6.07) is 5.67. The van der Waals surface area contributed by atoms with Crippen molar-refractivity contribution < 1.29 is 28.6 Å². The summed E-state index contributed by atoms with van der Waals surface area (Å²) in [5.74, 6) is -0.707. The van der Waals surface area contributed by atoms with Crippen LogP contribution in [-0.4, -0.2) is 43.4 Å². The van der Waals surface area contributed by atoms with Gasteiger partial charge in [-0.05, 0) is 126 Å². The first-order valence-corrected chi connectivity index (χ1v) is 22.7. The number of nitrogens with zero attached hydrogens (tertiary/aromatic N) is 1. The molecule has 7 heteroatoms. The van der Waals surface area contributed by atoms with E-state index in [2.05, 4.69) is 62.5 Å². The van der Waals surface area contributed by atoms with E-state index in [1.165, 1.54) is 77.0 Å². The number of allylic oxidation sites excluding steroid dienone is 8. The van der Waals surface area contributed by atoms with Gasteiger partial charge in [-0.15, -0.1) is 0 Å². The van der Waals surface area contributed by atoms with Crippen molar-refractivity contribution in [2.24, 2.45) is 0 Å². The maximum atomic E-state index is 12.6. The van der Waals surface area contributed by atoms with Crippen LogP contribution >= 0.6 is 0 Å². The van der Waals surface area contributed by atoms with E-state index in [1.54, 1.807) is 0 Å². The zero-order valence-electron chi connectivity index (χ0n) is 36.8. The molecule has 0 saturated heterocycles. The van der Waals surface area contributed by atoms with Gasteiger partial charge >= 0.3 is 17.9 Å². The number of carbonyl (C=O) groups is 3. The second-order valence-electron chi connectivity index (χ2n) is 15.7. The molecule has 0 aromatic heterocycles. The first-order chi connectivity index (χ1) is 27.8. The van der Waals surface area contributed by atoms with Crippen LogP contribution < -0.4 is 0 Å². The van der Waals surface area contributed by atoms with Crippen LogP contribution in [0.25, 0.3) is 0 Å². The molecule has 322 valence electrons. The first kappa shape index (κ1) is 51.6. The summed E-state index contributed by atoms with van der Waals surface area (Å²) >= 11 is 0. The van der Waals surface area contributed by atoms with Crippen LogP contribution in [0.2, 0.25) is 0 Å². The zero-order valence-corrected chi connectivity index (χ0v) is 36.8. The summed E-state index contributed by atoms with van der Waals surface area (Å²) in [5, 5.41) is 0. The number of esters is 3. The van der Waals surface area contributed by atoms with Crippen LogP contribution in [-0.2, 0) is 48.4 Å². The highest BCUT2D eigenvalue weighted by atomic mass is 16.5. The van der Waals surface area contributed by atoms with Crippen molar-refractivity contribution in [2.75, 3.05) is 20.6 Å². The molecule has 7 nitrogen and oxygen atoms in total. The molecule has 0 bridgehead atoms. The minimum atomic E-state index is -0.275. The number of hydrogen-bond acceptors (Lipinski definition) is 7. The lowest BCUT2D eigenvalue weighted by Gasteiger charge is -2.13. The van der Waals surface area contributed by atoms with Gasteiger partial charge in [0.05, 0.1) is 6.42 Å². The molecular formula is C50H81NO6. The molecule has 1 rings (SSSR count). The largest absolute Gasteiger partial charge is 0.461 e. The molecule has 0 fully saturated rings. The Morgan fingerprint density at radius 2 is 0.754 bits per heavy atom. The lowest BCUT2D eigenvalue weighted by Crippen LogP contribution is -2.18. The Kier molecular flexibility index (Phi) is 34.5. The van der Waals surface area contributed by atoms with Crippen molar-refractivity contribution in [2.45, 2.75) is 194 Å². The molecule has 0 saturated carbocycles. The molecular weight excluding hydrogens is 711 g/mol. The van der Waals surface area contributed by atoms with E-state index in [1.807, 2.05) is 37.2 Å². The molecule has 0 N–H and O–H groups in total. The Balaban J connectivity index is 2.40. The van der Waals surface area contributed by atoms with Gasteiger partial charge in [-0.3, -0.25) is 14.4 Å². The third kappa shape index (κ3) is 34.3. The van der Waals surface area contributed by atoms with Crippen LogP contribution in [0.15, 0.2) is 66.8 Å². The van der Waals surface area contributed by atoms with Crippen molar-refractivity contribution in [3.63, 3.8) is 0 Å². The highest BCUT2D eigenvalue weighted by molar-refractivity contribution is 5.70. The summed E-state index contributed by atoms with van der Waals surface area (Å²) in [7, 11) is 3.83. The van der Waals surface area contributed by atoms with Crippen molar-refractivity contribution in [1.29, 1.82) is 0 Å². The molecule has 0 aliphatic rings. The molecule has 0 aliphatic carbocycles. The van der Waals surface area contributed by atoms with Gasteiger partial charge in [0, 0.05) is 19.4 Å². The van der Waals surface area contributed by atoms with Crippen LogP contribution in [0.4, 0.5) is 0 Å². The third-order valence-electron chi connectivity index (χ3n) is 9.74. The maximum Gasteiger partial charge on any atom is 0.307 e. The van der Waals surface area contributed by atoms with E-state index in [4.69, 9.17) is 14.2 Å². The zero-order chi connectivity index (χ0) is 41.4. The topological polar surface area (TPSA) is 82.1 Å². The average molecular weight is 792 g/mol. The van der Waals surface area contributed by atoms with E-state index in [0.29, 0.717) is 25.8 Å². The summed E-state index contributed by atoms with van der Waals surface area (Å²) in [4.78, 5) is 39.4. The fourth-order valence-electron chi connectivity index (χ4n) is 6.27. The van der Waals surface area contributed by atoms with Crippen molar-refractivity contribution in [3.8, 4) is 0 Å². The molecule has 57 heavy (non-hydrogen) atoms. The molecule has 0 amide bonds. The molecule has 0 radical (unpaired) electrons. The quantitative estimate of drug-likeness (QED) is 0.0287. The highest BCUT2D eigenvalue weighted by Gasteiger charge is 2.11. The highest BCUT2D eigenvalue weighted by Crippen LogP contribution is 2.17. The van der Waals surface area contributed by atoms with Crippen LogP contribution in [0, 0.1) is 0 Å². The van der Waals surface area contributed by atoms with Crippen LogP contribution in [0.1, 0.15) is 191 Å². The van der Waals surface area contributed by atoms with Crippen LogP contribution in [0.3, 0.4) is 0 Å². The predicted octanol–water partition coefficient (Wildman–Crippen LogP) is 13.4. The van der Waals surface area contributed by atoms with Crippen molar-refractivity contribution in [1.82, 2.24) is 4.90 Å². The number of carbonyl (C=O) groups excluding carboxylic acids is 3. The molecule has 0 unspecified atom stereocenters. The summed E-state index contributed by atoms with van der Waals surface area (Å²) < 4.78 is 16.8. The Bertz CT molecular complexity index is 1200. The number of hydrogen-bond donors (Lipinski definition) is 0. The minimum Gasteiger partial charge on any atom is -0.461 e. The Hall–Kier alpha value is -3.45. The van der Waals surface area contributed by atoms with Crippen molar-refractivity contribution in [3.05, 3.63) is 83.5 Å². The summed E-state index contributed by atoms with van der Waals surface area (Å²) in [5.41, 5.74) is 2.34. The van der Waals surface area contributed by atoms with E-state index in [9.17, 15) is 14.4 Å². The molecule has 0 spiro atoms. The SMILES string of the molecule is CCCCC/C=C\C/C=C\CCCCCCCC(=O)OCc1cc(COC(=O)CCCCCCC/C=C\C/C=C\CCCCC)cc(COC(=O)CCN(C)C)c1. The van der Waals surface area contributed by atoms with Crippen molar-refractivity contribution >= 4 is 17.9 Å². The monoisotopic (exact) mass is 792 g/mol. The average Bonchev–Trinajstić information content (AvgIpc) is 3.20. The first-order valence-electron chi connectivity index (χ1n) is 22.7.